The van der Waals surface area contributed by atoms with Crippen LogP contribution >= 0.6 is 15.9 Å². The van der Waals surface area contributed by atoms with Crippen molar-refractivity contribution >= 4 is 26.0 Å². The minimum Gasteiger partial charge on any atom is -0.210 e. The Hall–Kier alpha value is 0.250. The zero-order valence-corrected chi connectivity index (χ0v) is 9.82. The van der Waals surface area contributed by atoms with Crippen LogP contribution in [0.15, 0.2) is 0 Å². The first kappa shape index (κ1) is 12.3. The van der Waals surface area contributed by atoms with Crippen molar-refractivity contribution < 1.29 is 17.2 Å². The lowest BCUT2D eigenvalue weighted by molar-refractivity contribution is 0.232. The lowest BCUT2D eigenvalue weighted by atomic mass is 10.1. The largest absolute Gasteiger partial charge is 0.350 e. The highest BCUT2D eigenvalue weighted by Crippen LogP contribution is 2.30. The van der Waals surface area contributed by atoms with Crippen LogP contribution in [0.3, 0.4) is 0 Å². The van der Waals surface area contributed by atoms with Gasteiger partial charge in [0.25, 0.3) is 10.0 Å². The van der Waals surface area contributed by atoms with Crippen LogP contribution in [0, 0.1) is 5.92 Å². The number of halogens is 3. The van der Waals surface area contributed by atoms with E-state index < -0.39 is 15.8 Å². The van der Waals surface area contributed by atoms with E-state index in [1.807, 2.05) is 4.72 Å². The molecule has 0 aromatic rings. The van der Waals surface area contributed by atoms with Gasteiger partial charge in [-0.05, 0) is 25.2 Å². The van der Waals surface area contributed by atoms with Gasteiger partial charge in [0, 0.05) is 11.4 Å². The van der Waals surface area contributed by atoms with Gasteiger partial charge in [0.1, 0.15) is 0 Å². The molecule has 0 aromatic heterocycles. The molecule has 0 bridgehead atoms. The van der Waals surface area contributed by atoms with Gasteiger partial charge in [-0.2, -0.15) is 8.78 Å². The Morgan fingerprint density at radius 1 is 1.43 bits per heavy atom. The lowest BCUT2D eigenvalue weighted by Crippen LogP contribution is -2.33. The molecule has 84 valence electrons. The molecule has 2 unspecified atom stereocenters. The molecule has 2 atom stereocenters. The average Bonchev–Trinajstić information content (AvgIpc) is 2.48. The fourth-order valence-corrected chi connectivity index (χ4v) is 2.88. The zero-order valence-electron chi connectivity index (χ0n) is 7.42. The van der Waals surface area contributed by atoms with E-state index in [-0.39, 0.29) is 12.5 Å². The topological polar surface area (TPSA) is 46.2 Å². The lowest BCUT2D eigenvalue weighted by Gasteiger charge is -2.10. The Balaban J connectivity index is 2.34. The van der Waals surface area contributed by atoms with E-state index >= 15 is 0 Å². The van der Waals surface area contributed by atoms with Crippen LogP contribution in [0.1, 0.15) is 19.3 Å². The van der Waals surface area contributed by atoms with E-state index in [0.717, 1.165) is 19.3 Å². The molecule has 1 N–H and O–H groups in total. The highest BCUT2D eigenvalue weighted by atomic mass is 79.9. The molecule has 1 saturated carbocycles. The Bertz CT molecular complexity index is 283. The first-order valence-electron chi connectivity index (χ1n) is 4.32. The maximum atomic E-state index is 11.9. The predicted octanol–water partition coefficient (Wildman–Crippen LogP) is 1.69. The van der Waals surface area contributed by atoms with Crippen LogP contribution in [0.4, 0.5) is 8.78 Å². The third kappa shape index (κ3) is 3.43. The van der Waals surface area contributed by atoms with Crippen LogP contribution in [0.5, 0.6) is 0 Å². The first-order valence-corrected chi connectivity index (χ1v) is 6.78. The summed E-state index contributed by atoms with van der Waals surface area (Å²) in [5.74, 6) is -3.16. The van der Waals surface area contributed by atoms with E-state index in [0.29, 0.717) is 4.83 Å². The fourth-order valence-electron chi connectivity index (χ4n) is 1.50. The summed E-state index contributed by atoms with van der Waals surface area (Å²) in [6.45, 7) is 0.120. The zero-order chi connectivity index (χ0) is 10.8. The van der Waals surface area contributed by atoms with Crippen molar-refractivity contribution in [2.24, 2.45) is 5.92 Å². The molecular formula is C7H12BrF2NO2S. The molecular weight excluding hydrogens is 280 g/mol. The number of sulfonamides is 1. The normalized spacial score (nSPS) is 28.6. The number of alkyl halides is 3. The second kappa shape index (κ2) is 4.85. The summed E-state index contributed by atoms with van der Waals surface area (Å²) >= 11 is 3.40. The number of rotatable bonds is 4. The van der Waals surface area contributed by atoms with E-state index in [1.54, 1.807) is 0 Å². The SMILES string of the molecule is O=S(=O)(NCC1CCC(Br)C1)C(F)F. The van der Waals surface area contributed by atoms with Crippen molar-refractivity contribution in [3.05, 3.63) is 0 Å². The standard InChI is InChI=1S/C7H12BrF2NO2S/c8-6-2-1-5(3-6)4-11-14(12,13)7(9)10/h5-7,11H,1-4H2. The Morgan fingerprint density at radius 3 is 2.50 bits per heavy atom. The summed E-state index contributed by atoms with van der Waals surface area (Å²) in [4.78, 5) is 0.392. The number of hydrogen-bond donors (Lipinski definition) is 1. The molecule has 0 amide bonds. The molecule has 0 spiro atoms. The van der Waals surface area contributed by atoms with E-state index in [4.69, 9.17) is 0 Å². The second-order valence-electron chi connectivity index (χ2n) is 3.43. The van der Waals surface area contributed by atoms with Gasteiger partial charge in [0.05, 0.1) is 0 Å². The van der Waals surface area contributed by atoms with Gasteiger partial charge in [-0.3, -0.25) is 0 Å². The monoisotopic (exact) mass is 291 g/mol. The number of hydrogen-bond acceptors (Lipinski definition) is 2. The molecule has 0 radical (unpaired) electrons. The fraction of sp³-hybridized carbons (Fsp3) is 1.00. The second-order valence-corrected chi connectivity index (χ2v) is 6.46. The molecule has 1 aliphatic carbocycles. The number of nitrogens with one attached hydrogen (secondary N) is 1. The average molecular weight is 292 g/mol. The van der Waals surface area contributed by atoms with Crippen LogP contribution in [0.25, 0.3) is 0 Å². The Morgan fingerprint density at radius 2 is 2.07 bits per heavy atom. The molecule has 1 rings (SSSR count). The maximum Gasteiger partial charge on any atom is 0.350 e. The highest BCUT2D eigenvalue weighted by molar-refractivity contribution is 9.09. The minimum atomic E-state index is -4.40. The summed E-state index contributed by atoms with van der Waals surface area (Å²) < 4.78 is 47.1. The molecule has 1 fully saturated rings. The highest BCUT2D eigenvalue weighted by Gasteiger charge is 2.27. The van der Waals surface area contributed by atoms with E-state index in [9.17, 15) is 17.2 Å². The van der Waals surface area contributed by atoms with Gasteiger partial charge < -0.3 is 0 Å². The predicted molar refractivity (Wildman–Crippen MR) is 53.0 cm³/mol. The van der Waals surface area contributed by atoms with Gasteiger partial charge >= 0.3 is 5.76 Å². The molecule has 0 heterocycles. The maximum absolute atomic E-state index is 11.9. The molecule has 0 aliphatic heterocycles. The van der Waals surface area contributed by atoms with Gasteiger partial charge in [0.15, 0.2) is 0 Å². The van der Waals surface area contributed by atoms with Crippen molar-refractivity contribution in [1.82, 2.24) is 4.72 Å². The van der Waals surface area contributed by atoms with Crippen molar-refractivity contribution in [2.45, 2.75) is 29.8 Å². The Labute approximate surface area is 90.4 Å². The van der Waals surface area contributed by atoms with Crippen molar-refractivity contribution in [1.29, 1.82) is 0 Å². The van der Waals surface area contributed by atoms with Gasteiger partial charge in [-0.15, -0.1) is 0 Å². The van der Waals surface area contributed by atoms with E-state index in [1.165, 1.54) is 0 Å². The van der Waals surface area contributed by atoms with E-state index in [2.05, 4.69) is 15.9 Å². The molecule has 1 aliphatic rings. The quantitative estimate of drug-likeness (QED) is 0.802. The molecule has 7 heteroatoms. The van der Waals surface area contributed by atoms with Gasteiger partial charge in [-0.1, -0.05) is 15.9 Å². The van der Waals surface area contributed by atoms with Gasteiger partial charge in [-0.25, -0.2) is 13.1 Å². The van der Waals surface area contributed by atoms with Crippen LogP contribution in [-0.4, -0.2) is 25.5 Å². The molecule has 0 saturated heterocycles. The third-order valence-electron chi connectivity index (χ3n) is 2.28. The smallest absolute Gasteiger partial charge is 0.210 e. The van der Waals surface area contributed by atoms with Crippen LogP contribution < -0.4 is 4.72 Å². The van der Waals surface area contributed by atoms with Crippen LogP contribution in [-0.2, 0) is 10.0 Å². The van der Waals surface area contributed by atoms with Crippen molar-refractivity contribution in [3.63, 3.8) is 0 Å². The summed E-state index contributed by atoms with van der Waals surface area (Å²) in [5, 5.41) is 0. The molecule has 3 nitrogen and oxygen atoms in total. The summed E-state index contributed by atoms with van der Waals surface area (Å²) in [6.07, 6.45) is 2.69. The van der Waals surface area contributed by atoms with Gasteiger partial charge in [0.2, 0.25) is 0 Å². The minimum absolute atomic E-state index is 0.120. The van der Waals surface area contributed by atoms with Crippen molar-refractivity contribution in [3.8, 4) is 0 Å². The molecule has 0 aromatic carbocycles. The third-order valence-corrected chi connectivity index (χ3v) is 4.15. The summed E-state index contributed by atoms with van der Waals surface area (Å²) in [6, 6.07) is 0. The summed E-state index contributed by atoms with van der Waals surface area (Å²) in [7, 11) is -4.40. The summed E-state index contributed by atoms with van der Waals surface area (Å²) in [5.41, 5.74) is 0. The van der Waals surface area contributed by atoms with Crippen LogP contribution in [0.2, 0.25) is 0 Å². The first-order chi connectivity index (χ1) is 6.42. The van der Waals surface area contributed by atoms with Crippen molar-refractivity contribution in [2.75, 3.05) is 6.54 Å². The molecule has 14 heavy (non-hydrogen) atoms. The Kier molecular flexibility index (Phi) is 4.27.